The summed E-state index contributed by atoms with van der Waals surface area (Å²) < 4.78 is 7.13. The Labute approximate surface area is 125 Å². The van der Waals surface area contributed by atoms with Crippen molar-refractivity contribution in [3.63, 3.8) is 0 Å². The van der Waals surface area contributed by atoms with Crippen molar-refractivity contribution in [1.82, 2.24) is 4.57 Å². The average Bonchev–Trinajstić information content (AvgIpc) is 2.74. The summed E-state index contributed by atoms with van der Waals surface area (Å²) in [6, 6.07) is 9.51. The van der Waals surface area contributed by atoms with Crippen molar-refractivity contribution in [2.75, 3.05) is 0 Å². The number of hydrogen-bond acceptors (Lipinski definition) is 3. The van der Waals surface area contributed by atoms with Gasteiger partial charge in [-0.05, 0) is 38.8 Å². The summed E-state index contributed by atoms with van der Waals surface area (Å²) >= 11 is 0. The van der Waals surface area contributed by atoms with Gasteiger partial charge in [0, 0.05) is 17.1 Å². The highest BCUT2D eigenvalue weighted by molar-refractivity contribution is 5.91. The number of nitrogens with zero attached hydrogens (tertiary/aromatic N) is 1. The highest BCUT2D eigenvalue weighted by atomic mass is 16.6. The van der Waals surface area contributed by atoms with Crippen molar-refractivity contribution in [2.24, 2.45) is 11.7 Å². The first-order valence-electron chi connectivity index (χ1n) is 7.30. The quantitative estimate of drug-likeness (QED) is 0.905. The molecule has 4 heteroatoms. The van der Waals surface area contributed by atoms with E-state index < -0.39 is 5.60 Å². The Balaban J connectivity index is 2.58. The minimum Gasteiger partial charge on any atom is -0.443 e. The number of rotatable bonds is 2. The molecule has 0 fully saturated rings. The lowest BCUT2D eigenvalue weighted by Gasteiger charge is -2.23. The Kier molecular flexibility index (Phi) is 4.10. The molecule has 0 unspecified atom stereocenters. The fourth-order valence-corrected chi connectivity index (χ4v) is 2.27. The van der Waals surface area contributed by atoms with Gasteiger partial charge in [-0.3, -0.25) is 0 Å². The highest BCUT2D eigenvalue weighted by Crippen LogP contribution is 2.28. The van der Waals surface area contributed by atoms with Crippen LogP contribution in [0.4, 0.5) is 4.79 Å². The third kappa shape index (κ3) is 3.27. The highest BCUT2D eigenvalue weighted by Gasteiger charge is 2.25. The molecule has 0 aliphatic rings. The second-order valence-electron chi connectivity index (χ2n) is 6.71. The van der Waals surface area contributed by atoms with Crippen LogP contribution in [0, 0.1) is 5.92 Å². The number of para-hydroxylation sites is 1. The van der Waals surface area contributed by atoms with Crippen molar-refractivity contribution in [3.05, 3.63) is 36.0 Å². The van der Waals surface area contributed by atoms with Crippen LogP contribution in [0.25, 0.3) is 10.9 Å². The molecular formula is C17H24N2O2. The van der Waals surface area contributed by atoms with Gasteiger partial charge in [0.2, 0.25) is 0 Å². The zero-order chi connectivity index (χ0) is 15.8. The molecule has 0 saturated carbocycles. The fraction of sp³-hybridized carbons (Fsp3) is 0.471. The summed E-state index contributed by atoms with van der Waals surface area (Å²) in [6.07, 6.45) is -0.380. The molecule has 0 spiro atoms. The van der Waals surface area contributed by atoms with Gasteiger partial charge in [-0.25, -0.2) is 9.36 Å². The summed E-state index contributed by atoms with van der Waals surface area (Å²) in [5.41, 5.74) is 7.36. The number of hydrogen-bond donors (Lipinski definition) is 1. The van der Waals surface area contributed by atoms with Gasteiger partial charge in [0.25, 0.3) is 0 Å². The van der Waals surface area contributed by atoms with E-state index in [1.807, 2.05) is 65.0 Å². The SMILES string of the molecule is CC(C)[C@H](N)c1cc2ccccc2n1C(=O)OC(C)(C)C. The van der Waals surface area contributed by atoms with Crippen molar-refractivity contribution < 1.29 is 9.53 Å². The number of fused-ring (bicyclic) bond motifs is 1. The zero-order valence-corrected chi connectivity index (χ0v) is 13.4. The van der Waals surface area contributed by atoms with E-state index in [9.17, 15) is 4.79 Å². The molecule has 1 heterocycles. The Morgan fingerprint density at radius 2 is 1.86 bits per heavy atom. The Hall–Kier alpha value is -1.81. The summed E-state index contributed by atoms with van der Waals surface area (Å²) in [5.74, 6) is 0.232. The van der Waals surface area contributed by atoms with Crippen molar-refractivity contribution in [2.45, 2.75) is 46.3 Å². The summed E-state index contributed by atoms with van der Waals surface area (Å²) in [7, 11) is 0. The van der Waals surface area contributed by atoms with Crippen molar-refractivity contribution >= 4 is 17.0 Å². The predicted octanol–water partition coefficient (Wildman–Crippen LogP) is 4.08. The summed E-state index contributed by atoms with van der Waals surface area (Å²) in [6.45, 7) is 9.67. The maximum absolute atomic E-state index is 12.6. The smallest absolute Gasteiger partial charge is 0.419 e. The largest absolute Gasteiger partial charge is 0.443 e. The van der Waals surface area contributed by atoms with E-state index in [-0.39, 0.29) is 18.1 Å². The molecule has 2 N–H and O–H groups in total. The molecule has 0 amide bonds. The monoisotopic (exact) mass is 288 g/mol. The Morgan fingerprint density at radius 1 is 1.24 bits per heavy atom. The molecule has 1 aromatic heterocycles. The maximum Gasteiger partial charge on any atom is 0.419 e. The van der Waals surface area contributed by atoms with E-state index in [0.29, 0.717) is 0 Å². The molecule has 0 saturated heterocycles. The molecular weight excluding hydrogens is 264 g/mol. The fourth-order valence-electron chi connectivity index (χ4n) is 2.27. The number of nitrogens with two attached hydrogens (primary N) is 1. The van der Waals surface area contributed by atoms with Crippen molar-refractivity contribution in [3.8, 4) is 0 Å². The third-order valence-corrected chi connectivity index (χ3v) is 3.38. The molecule has 0 aliphatic heterocycles. The minimum atomic E-state index is -0.540. The molecule has 0 bridgehead atoms. The molecule has 0 radical (unpaired) electrons. The van der Waals surface area contributed by atoms with E-state index in [4.69, 9.17) is 10.5 Å². The number of aromatic nitrogens is 1. The molecule has 0 aliphatic carbocycles. The van der Waals surface area contributed by atoms with Crippen LogP contribution in [0.2, 0.25) is 0 Å². The lowest BCUT2D eigenvalue weighted by atomic mass is 10.0. The molecule has 2 rings (SSSR count). The van der Waals surface area contributed by atoms with Gasteiger partial charge in [0.1, 0.15) is 5.60 Å². The molecule has 1 atom stereocenters. The normalized spacial score (nSPS) is 13.7. The van der Waals surface area contributed by atoms with Crippen LogP contribution in [0.15, 0.2) is 30.3 Å². The summed E-state index contributed by atoms with van der Waals surface area (Å²) in [5, 5.41) is 0.995. The number of carbonyl (C=O) groups is 1. The first-order valence-corrected chi connectivity index (χ1v) is 7.30. The predicted molar refractivity (Wildman–Crippen MR) is 85.3 cm³/mol. The Bertz CT molecular complexity index is 650. The zero-order valence-electron chi connectivity index (χ0n) is 13.4. The first kappa shape index (κ1) is 15.6. The Morgan fingerprint density at radius 3 is 2.43 bits per heavy atom. The molecule has 2 aromatic rings. The van der Waals surface area contributed by atoms with Gasteiger partial charge in [-0.2, -0.15) is 0 Å². The van der Waals surface area contributed by atoms with Gasteiger partial charge < -0.3 is 10.5 Å². The van der Waals surface area contributed by atoms with Crippen LogP contribution >= 0.6 is 0 Å². The van der Waals surface area contributed by atoms with Gasteiger partial charge >= 0.3 is 6.09 Å². The van der Waals surface area contributed by atoms with Gasteiger partial charge in [0.15, 0.2) is 0 Å². The molecule has 1 aromatic carbocycles. The van der Waals surface area contributed by atoms with Crippen LogP contribution in [0.5, 0.6) is 0 Å². The number of ether oxygens (including phenoxy) is 1. The second-order valence-corrected chi connectivity index (χ2v) is 6.71. The van der Waals surface area contributed by atoms with Gasteiger partial charge in [-0.15, -0.1) is 0 Å². The van der Waals surface area contributed by atoms with E-state index >= 15 is 0 Å². The van der Waals surface area contributed by atoms with E-state index in [1.165, 1.54) is 0 Å². The molecule has 4 nitrogen and oxygen atoms in total. The molecule has 21 heavy (non-hydrogen) atoms. The second kappa shape index (κ2) is 5.53. The maximum atomic E-state index is 12.6. The minimum absolute atomic E-state index is 0.218. The van der Waals surface area contributed by atoms with Crippen LogP contribution in [0.1, 0.15) is 46.4 Å². The van der Waals surface area contributed by atoms with Crippen LogP contribution < -0.4 is 5.73 Å². The summed E-state index contributed by atoms with van der Waals surface area (Å²) in [4.78, 5) is 12.6. The van der Waals surface area contributed by atoms with Crippen molar-refractivity contribution in [1.29, 1.82) is 0 Å². The van der Waals surface area contributed by atoms with Crippen LogP contribution in [-0.4, -0.2) is 16.3 Å². The topological polar surface area (TPSA) is 57.2 Å². The number of carbonyl (C=O) groups excluding carboxylic acids is 1. The van der Waals surface area contributed by atoms with Crippen LogP contribution in [0.3, 0.4) is 0 Å². The lowest BCUT2D eigenvalue weighted by Crippen LogP contribution is -2.30. The average molecular weight is 288 g/mol. The lowest BCUT2D eigenvalue weighted by molar-refractivity contribution is 0.0537. The first-order chi connectivity index (χ1) is 9.70. The third-order valence-electron chi connectivity index (χ3n) is 3.38. The van der Waals surface area contributed by atoms with E-state index in [2.05, 4.69) is 0 Å². The number of benzene rings is 1. The van der Waals surface area contributed by atoms with Gasteiger partial charge in [-0.1, -0.05) is 32.0 Å². The molecule has 114 valence electrons. The van der Waals surface area contributed by atoms with E-state index in [1.54, 1.807) is 4.57 Å². The van der Waals surface area contributed by atoms with E-state index in [0.717, 1.165) is 16.6 Å². The van der Waals surface area contributed by atoms with Gasteiger partial charge in [0.05, 0.1) is 5.52 Å². The standard InChI is InChI=1S/C17H24N2O2/c1-11(2)15(18)14-10-12-8-6-7-9-13(12)19(14)16(20)21-17(3,4)5/h6-11,15H,18H2,1-5H3/t15-/m0/s1. The van der Waals surface area contributed by atoms with Crippen LogP contribution in [-0.2, 0) is 4.74 Å².